The maximum atomic E-state index is 5.55. The van der Waals surface area contributed by atoms with Gasteiger partial charge < -0.3 is 4.74 Å². The first-order valence-electron chi connectivity index (χ1n) is 5.91. The summed E-state index contributed by atoms with van der Waals surface area (Å²) in [6.07, 6.45) is 10.9. The van der Waals surface area contributed by atoms with Gasteiger partial charge in [0.2, 0.25) is 0 Å². The van der Waals surface area contributed by atoms with Crippen molar-refractivity contribution in [2.45, 2.75) is 70.8 Å². The summed E-state index contributed by atoms with van der Waals surface area (Å²) in [5.74, 6) is 0. The van der Waals surface area contributed by atoms with Gasteiger partial charge in [0.1, 0.15) is 0 Å². The molecule has 0 aromatic heterocycles. The Bertz CT molecular complexity index is 127. The van der Waals surface area contributed by atoms with Crippen LogP contribution in [-0.4, -0.2) is 12.2 Å². The Labute approximate surface area is 82.9 Å². The molecule has 0 aliphatic carbocycles. The summed E-state index contributed by atoms with van der Waals surface area (Å²) >= 11 is 0. The van der Waals surface area contributed by atoms with Crippen LogP contribution in [0.25, 0.3) is 0 Å². The summed E-state index contributed by atoms with van der Waals surface area (Å²) in [7, 11) is 0. The lowest BCUT2D eigenvalue weighted by Crippen LogP contribution is -2.40. The highest BCUT2D eigenvalue weighted by atomic mass is 16.5. The van der Waals surface area contributed by atoms with E-state index in [2.05, 4.69) is 13.8 Å². The van der Waals surface area contributed by atoms with E-state index in [0.717, 1.165) is 6.61 Å². The lowest BCUT2D eigenvalue weighted by molar-refractivity contribution is -0.139. The summed E-state index contributed by atoms with van der Waals surface area (Å²) in [6, 6.07) is 0. The van der Waals surface area contributed by atoms with Gasteiger partial charge in [-0.3, -0.25) is 0 Å². The molecule has 1 fully saturated rings. The number of unbranched alkanes of at least 4 members (excludes halogenated alkanes) is 5. The first kappa shape index (κ1) is 11.0. The standard InChI is InChI=1S/C12H24O/c1-3-4-5-6-7-8-9-12(2)10-11-13-12/h3-11H2,1-2H3/t12-/m0/s1. The van der Waals surface area contributed by atoms with E-state index in [9.17, 15) is 0 Å². The van der Waals surface area contributed by atoms with Crippen LogP contribution in [0.2, 0.25) is 0 Å². The smallest absolute Gasteiger partial charge is 0.0676 e. The van der Waals surface area contributed by atoms with E-state index in [1.165, 1.54) is 51.4 Å². The van der Waals surface area contributed by atoms with Gasteiger partial charge in [0, 0.05) is 0 Å². The van der Waals surface area contributed by atoms with Gasteiger partial charge in [0.15, 0.2) is 0 Å². The molecule has 0 spiro atoms. The summed E-state index contributed by atoms with van der Waals surface area (Å²) in [5, 5.41) is 0. The van der Waals surface area contributed by atoms with Crippen LogP contribution in [0.4, 0.5) is 0 Å². The van der Waals surface area contributed by atoms with Crippen LogP contribution in [0.5, 0.6) is 0 Å². The second kappa shape index (κ2) is 5.64. The molecule has 1 aliphatic rings. The van der Waals surface area contributed by atoms with E-state index in [-0.39, 0.29) is 5.60 Å². The fraction of sp³-hybridized carbons (Fsp3) is 1.00. The van der Waals surface area contributed by atoms with Crippen molar-refractivity contribution in [2.75, 3.05) is 6.61 Å². The van der Waals surface area contributed by atoms with Crippen LogP contribution in [0.1, 0.15) is 65.2 Å². The SMILES string of the molecule is CCCCCCCC[C@@]1(C)CCO1. The van der Waals surface area contributed by atoms with Gasteiger partial charge in [-0.2, -0.15) is 0 Å². The van der Waals surface area contributed by atoms with Crippen LogP contribution in [-0.2, 0) is 4.74 Å². The molecule has 0 amide bonds. The average Bonchev–Trinajstić information content (AvgIpc) is 2.08. The average molecular weight is 184 g/mol. The van der Waals surface area contributed by atoms with Crippen LogP contribution in [0.3, 0.4) is 0 Å². The second-order valence-corrected chi connectivity index (χ2v) is 4.57. The molecule has 0 aromatic carbocycles. The van der Waals surface area contributed by atoms with Crippen molar-refractivity contribution in [3.8, 4) is 0 Å². The first-order chi connectivity index (χ1) is 6.27. The summed E-state index contributed by atoms with van der Waals surface area (Å²) in [5.41, 5.74) is 0.269. The van der Waals surface area contributed by atoms with Crippen molar-refractivity contribution in [3.63, 3.8) is 0 Å². The Morgan fingerprint density at radius 2 is 1.69 bits per heavy atom. The van der Waals surface area contributed by atoms with E-state index in [4.69, 9.17) is 4.74 Å². The molecule has 0 N–H and O–H groups in total. The molecule has 1 atom stereocenters. The van der Waals surface area contributed by atoms with Crippen LogP contribution < -0.4 is 0 Å². The van der Waals surface area contributed by atoms with Crippen molar-refractivity contribution in [1.82, 2.24) is 0 Å². The molecule has 0 radical (unpaired) electrons. The Balaban J connectivity index is 1.83. The molecule has 0 bridgehead atoms. The van der Waals surface area contributed by atoms with Crippen molar-refractivity contribution in [2.24, 2.45) is 0 Å². The first-order valence-corrected chi connectivity index (χ1v) is 5.91. The van der Waals surface area contributed by atoms with E-state index in [0.29, 0.717) is 0 Å². The lowest BCUT2D eigenvalue weighted by Gasteiger charge is -2.38. The molecular weight excluding hydrogens is 160 g/mol. The van der Waals surface area contributed by atoms with Crippen molar-refractivity contribution in [1.29, 1.82) is 0 Å². The number of hydrogen-bond acceptors (Lipinski definition) is 1. The zero-order valence-corrected chi connectivity index (χ0v) is 9.27. The van der Waals surface area contributed by atoms with Crippen molar-refractivity contribution >= 4 is 0 Å². The van der Waals surface area contributed by atoms with Gasteiger partial charge in [-0.05, 0) is 19.8 Å². The van der Waals surface area contributed by atoms with Crippen molar-refractivity contribution < 1.29 is 4.74 Å². The van der Waals surface area contributed by atoms with Gasteiger partial charge in [-0.1, -0.05) is 45.4 Å². The topological polar surface area (TPSA) is 9.23 Å². The zero-order valence-electron chi connectivity index (χ0n) is 9.27. The summed E-state index contributed by atoms with van der Waals surface area (Å²) < 4.78 is 5.55. The van der Waals surface area contributed by atoms with Gasteiger partial charge in [0.05, 0.1) is 12.2 Å². The molecule has 1 rings (SSSR count). The molecule has 0 unspecified atom stereocenters. The minimum Gasteiger partial charge on any atom is -0.375 e. The van der Waals surface area contributed by atoms with Crippen molar-refractivity contribution in [3.05, 3.63) is 0 Å². The predicted molar refractivity (Wildman–Crippen MR) is 57.0 cm³/mol. The molecule has 1 heteroatoms. The van der Waals surface area contributed by atoms with E-state index in [1.54, 1.807) is 0 Å². The van der Waals surface area contributed by atoms with Crippen LogP contribution in [0.15, 0.2) is 0 Å². The Morgan fingerprint density at radius 3 is 2.23 bits per heavy atom. The van der Waals surface area contributed by atoms with E-state index >= 15 is 0 Å². The third kappa shape index (κ3) is 4.12. The fourth-order valence-corrected chi connectivity index (χ4v) is 1.93. The maximum absolute atomic E-state index is 5.55. The third-order valence-corrected chi connectivity index (χ3v) is 3.14. The lowest BCUT2D eigenvalue weighted by atomic mass is 9.90. The minimum absolute atomic E-state index is 0.269. The Hall–Kier alpha value is -0.0400. The molecule has 0 saturated carbocycles. The fourth-order valence-electron chi connectivity index (χ4n) is 1.93. The molecule has 78 valence electrons. The molecule has 1 nitrogen and oxygen atoms in total. The van der Waals surface area contributed by atoms with E-state index < -0.39 is 0 Å². The highest BCUT2D eigenvalue weighted by Gasteiger charge is 2.31. The maximum Gasteiger partial charge on any atom is 0.0676 e. The van der Waals surface area contributed by atoms with E-state index in [1.807, 2.05) is 0 Å². The normalized spacial score (nSPS) is 27.2. The highest BCUT2D eigenvalue weighted by molar-refractivity contribution is 4.81. The minimum atomic E-state index is 0.269. The Kier molecular flexibility index (Phi) is 4.79. The molecule has 1 saturated heterocycles. The molecule has 1 aliphatic heterocycles. The molecule has 13 heavy (non-hydrogen) atoms. The number of rotatable bonds is 7. The van der Waals surface area contributed by atoms with Crippen LogP contribution in [0, 0.1) is 0 Å². The van der Waals surface area contributed by atoms with Gasteiger partial charge in [0.25, 0.3) is 0 Å². The number of ether oxygens (including phenoxy) is 1. The number of hydrogen-bond donors (Lipinski definition) is 0. The molecular formula is C12H24O. The zero-order chi connectivity index (χ0) is 9.57. The van der Waals surface area contributed by atoms with Gasteiger partial charge in [-0.25, -0.2) is 0 Å². The predicted octanol–water partition coefficient (Wildman–Crippen LogP) is 3.92. The second-order valence-electron chi connectivity index (χ2n) is 4.57. The summed E-state index contributed by atoms with van der Waals surface area (Å²) in [6.45, 7) is 5.51. The van der Waals surface area contributed by atoms with Gasteiger partial charge in [-0.15, -0.1) is 0 Å². The largest absolute Gasteiger partial charge is 0.375 e. The molecule has 1 heterocycles. The molecule has 0 aromatic rings. The van der Waals surface area contributed by atoms with Gasteiger partial charge >= 0.3 is 0 Å². The Morgan fingerprint density at radius 1 is 1.08 bits per heavy atom. The quantitative estimate of drug-likeness (QED) is 0.545. The summed E-state index contributed by atoms with van der Waals surface area (Å²) in [4.78, 5) is 0. The monoisotopic (exact) mass is 184 g/mol. The highest BCUT2D eigenvalue weighted by Crippen LogP contribution is 2.31. The third-order valence-electron chi connectivity index (χ3n) is 3.14. The van der Waals surface area contributed by atoms with Crippen LogP contribution >= 0.6 is 0 Å².